The molecular weight excluding hydrogens is 102 g/mol. The second-order valence-corrected chi connectivity index (χ2v) is 2.90. The van der Waals surface area contributed by atoms with Crippen LogP contribution in [0.2, 0.25) is 0 Å². The summed E-state index contributed by atoms with van der Waals surface area (Å²) in [5.41, 5.74) is 0. The Hall–Kier alpha value is -0.0800. The van der Waals surface area contributed by atoms with Crippen molar-refractivity contribution in [1.29, 1.82) is 0 Å². The minimum Gasteiger partial charge on any atom is -0.393 e. The van der Waals surface area contributed by atoms with E-state index in [2.05, 4.69) is 5.32 Å². The molecule has 0 spiro atoms. The summed E-state index contributed by atoms with van der Waals surface area (Å²) in [6, 6.07) is 0.648. The first-order valence-electron chi connectivity index (χ1n) is 3.28. The normalized spacial score (nSPS) is 52.9. The molecule has 0 aromatic rings. The Balaban J connectivity index is 2.11. The zero-order valence-corrected chi connectivity index (χ0v) is 4.80. The molecule has 2 N–H and O–H groups in total. The van der Waals surface area contributed by atoms with Gasteiger partial charge in [-0.05, 0) is 18.8 Å². The molecule has 1 aliphatic carbocycles. The van der Waals surface area contributed by atoms with Gasteiger partial charge in [0, 0.05) is 12.6 Å². The van der Waals surface area contributed by atoms with Gasteiger partial charge >= 0.3 is 0 Å². The lowest BCUT2D eigenvalue weighted by Crippen LogP contribution is -2.32. The molecule has 1 aliphatic heterocycles. The van der Waals surface area contributed by atoms with Crippen LogP contribution in [0.5, 0.6) is 0 Å². The molecule has 8 heavy (non-hydrogen) atoms. The first-order valence-corrected chi connectivity index (χ1v) is 3.28. The van der Waals surface area contributed by atoms with E-state index in [-0.39, 0.29) is 6.10 Å². The second-order valence-electron chi connectivity index (χ2n) is 2.90. The summed E-state index contributed by atoms with van der Waals surface area (Å²) in [7, 11) is 0. The van der Waals surface area contributed by atoms with Gasteiger partial charge in [0.15, 0.2) is 0 Å². The fraction of sp³-hybridized carbons (Fsp3) is 1.00. The van der Waals surface area contributed by atoms with Gasteiger partial charge in [-0.25, -0.2) is 0 Å². The Morgan fingerprint density at radius 2 is 2.25 bits per heavy atom. The number of aliphatic hydroxyl groups excluding tert-OH is 1. The number of fused-ring (bicyclic) bond motifs is 2. The predicted octanol–water partition coefficient (Wildman–Crippen LogP) is -0.271. The first-order chi connectivity index (χ1) is 3.86. The number of piperidine rings is 1. The Labute approximate surface area is 48.9 Å². The van der Waals surface area contributed by atoms with Crippen molar-refractivity contribution in [3.8, 4) is 0 Å². The fourth-order valence-corrected chi connectivity index (χ4v) is 1.81. The lowest BCUT2D eigenvalue weighted by molar-refractivity contribution is 0.121. The second kappa shape index (κ2) is 1.45. The Kier molecular flexibility index (Phi) is 0.866. The van der Waals surface area contributed by atoms with Gasteiger partial charge in [0.2, 0.25) is 0 Å². The SMILES string of the molecule is O[C@@H]1C[C@H]2C[C@H]1CN2. The molecule has 2 fully saturated rings. The largest absolute Gasteiger partial charge is 0.393 e. The molecule has 1 saturated carbocycles. The van der Waals surface area contributed by atoms with Gasteiger partial charge in [-0.15, -0.1) is 0 Å². The lowest BCUT2D eigenvalue weighted by Gasteiger charge is -2.15. The van der Waals surface area contributed by atoms with Crippen molar-refractivity contribution in [2.45, 2.75) is 25.0 Å². The van der Waals surface area contributed by atoms with Crippen molar-refractivity contribution in [1.82, 2.24) is 5.32 Å². The van der Waals surface area contributed by atoms with Crippen LogP contribution >= 0.6 is 0 Å². The van der Waals surface area contributed by atoms with E-state index in [1.807, 2.05) is 0 Å². The summed E-state index contributed by atoms with van der Waals surface area (Å²) in [4.78, 5) is 0. The molecule has 3 atom stereocenters. The highest BCUT2D eigenvalue weighted by Gasteiger charge is 2.37. The molecule has 46 valence electrons. The highest BCUT2D eigenvalue weighted by molar-refractivity contribution is 4.94. The zero-order valence-electron chi connectivity index (χ0n) is 4.80. The third-order valence-corrected chi connectivity index (χ3v) is 2.33. The molecule has 0 aromatic heterocycles. The quantitative estimate of drug-likeness (QED) is 0.453. The van der Waals surface area contributed by atoms with E-state index >= 15 is 0 Å². The predicted molar refractivity (Wildman–Crippen MR) is 30.5 cm³/mol. The van der Waals surface area contributed by atoms with E-state index in [9.17, 15) is 5.11 Å². The van der Waals surface area contributed by atoms with Crippen LogP contribution in [0.25, 0.3) is 0 Å². The number of hydrogen-bond donors (Lipinski definition) is 2. The molecule has 2 bridgehead atoms. The van der Waals surface area contributed by atoms with Crippen LogP contribution in [0.1, 0.15) is 12.8 Å². The highest BCUT2D eigenvalue weighted by Crippen LogP contribution is 2.30. The van der Waals surface area contributed by atoms with Crippen LogP contribution in [0.3, 0.4) is 0 Å². The molecule has 1 saturated heterocycles. The maximum Gasteiger partial charge on any atom is 0.0595 e. The van der Waals surface area contributed by atoms with Crippen LogP contribution in [0.4, 0.5) is 0 Å². The van der Waals surface area contributed by atoms with Gasteiger partial charge in [-0.3, -0.25) is 0 Å². The number of hydrogen-bond acceptors (Lipinski definition) is 2. The third-order valence-electron chi connectivity index (χ3n) is 2.33. The molecule has 2 rings (SSSR count). The Morgan fingerprint density at radius 1 is 1.38 bits per heavy atom. The molecule has 0 aromatic carbocycles. The summed E-state index contributed by atoms with van der Waals surface area (Å²) in [6.07, 6.45) is 2.22. The van der Waals surface area contributed by atoms with Crippen LogP contribution in [-0.4, -0.2) is 23.8 Å². The van der Waals surface area contributed by atoms with E-state index in [0.29, 0.717) is 12.0 Å². The van der Waals surface area contributed by atoms with E-state index in [1.54, 1.807) is 0 Å². The summed E-state index contributed by atoms with van der Waals surface area (Å²) in [6.45, 7) is 1.05. The maximum absolute atomic E-state index is 9.18. The molecular formula is C6H11NO. The van der Waals surface area contributed by atoms with Crippen molar-refractivity contribution >= 4 is 0 Å². The van der Waals surface area contributed by atoms with Crippen LogP contribution < -0.4 is 5.32 Å². The van der Waals surface area contributed by atoms with Crippen molar-refractivity contribution < 1.29 is 5.11 Å². The van der Waals surface area contributed by atoms with Crippen LogP contribution in [-0.2, 0) is 0 Å². The van der Waals surface area contributed by atoms with Gasteiger partial charge in [-0.1, -0.05) is 0 Å². The number of nitrogens with one attached hydrogen (secondary N) is 1. The topological polar surface area (TPSA) is 32.3 Å². The molecule has 0 radical (unpaired) electrons. The highest BCUT2D eigenvalue weighted by atomic mass is 16.3. The van der Waals surface area contributed by atoms with Gasteiger partial charge in [-0.2, -0.15) is 0 Å². The minimum absolute atomic E-state index is 0.0150. The molecule has 0 amide bonds. The average Bonchev–Trinajstić information content (AvgIpc) is 2.23. The minimum atomic E-state index is 0.0150. The molecule has 1 heterocycles. The average molecular weight is 113 g/mol. The number of aliphatic hydroxyl groups is 1. The van der Waals surface area contributed by atoms with Crippen molar-refractivity contribution in [3.63, 3.8) is 0 Å². The van der Waals surface area contributed by atoms with E-state index in [4.69, 9.17) is 0 Å². The summed E-state index contributed by atoms with van der Waals surface area (Å²) >= 11 is 0. The van der Waals surface area contributed by atoms with Crippen LogP contribution in [0.15, 0.2) is 0 Å². The first kappa shape index (κ1) is 4.77. The standard InChI is InChI=1S/C6H11NO/c8-6-2-5-1-4(6)3-7-5/h4-8H,1-3H2/t4-,5+,6+/m0/s1. The molecule has 0 unspecified atom stereocenters. The third kappa shape index (κ3) is 0.501. The smallest absolute Gasteiger partial charge is 0.0595 e. The molecule has 2 aliphatic rings. The van der Waals surface area contributed by atoms with Crippen molar-refractivity contribution in [3.05, 3.63) is 0 Å². The van der Waals surface area contributed by atoms with Crippen molar-refractivity contribution in [2.24, 2.45) is 5.92 Å². The van der Waals surface area contributed by atoms with Gasteiger partial charge < -0.3 is 10.4 Å². The summed E-state index contributed by atoms with van der Waals surface area (Å²) < 4.78 is 0. The van der Waals surface area contributed by atoms with Crippen LogP contribution in [0, 0.1) is 5.92 Å². The summed E-state index contributed by atoms with van der Waals surface area (Å²) in [5, 5.41) is 12.5. The zero-order chi connectivity index (χ0) is 5.56. The van der Waals surface area contributed by atoms with Crippen molar-refractivity contribution in [2.75, 3.05) is 6.54 Å². The van der Waals surface area contributed by atoms with E-state index in [1.165, 1.54) is 6.42 Å². The monoisotopic (exact) mass is 113 g/mol. The summed E-state index contributed by atoms with van der Waals surface area (Å²) in [5.74, 6) is 0.583. The molecule has 2 nitrogen and oxygen atoms in total. The Bertz CT molecular complexity index is 103. The van der Waals surface area contributed by atoms with Gasteiger partial charge in [0.05, 0.1) is 6.10 Å². The van der Waals surface area contributed by atoms with Gasteiger partial charge in [0.25, 0.3) is 0 Å². The lowest BCUT2D eigenvalue weighted by atomic mass is 10.1. The van der Waals surface area contributed by atoms with E-state index < -0.39 is 0 Å². The van der Waals surface area contributed by atoms with E-state index in [0.717, 1.165) is 13.0 Å². The molecule has 2 heteroatoms. The maximum atomic E-state index is 9.18. The number of rotatable bonds is 0. The van der Waals surface area contributed by atoms with Gasteiger partial charge in [0.1, 0.15) is 0 Å². The fourth-order valence-electron chi connectivity index (χ4n) is 1.81. The Morgan fingerprint density at radius 3 is 2.50 bits per heavy atom.